The molecule has 1 aliphatic rings. The molecular weight excluding hydrogens is 398 g/mol. The van der Waals surface area contributed by atoms with Crippen molar-refractivity contribution in [3.63, 3.8) is 0 Å². The molecule has 0 amide bonds. The van der Waals surface area contributed by atoms with E-state index in [1.807, 2.05) is 18.2 Å². The van der Waals surface area contributed by atoms with Gasteiger partial charge in [-0.15, -0.1) is 0 Å². The highest BCUT2D eigenvalue weighted by molar-refractivity contribution is 7.89. The highest BCUT2D eigenvalue weighted by atomic mass is 32.2. The van der Waals surface area contributed by atoms with E-state index in [1.165, 1.54) is 12.1 Å². The van der Waals surface area contributed by atoms with E-state index in [4.69, 9.17) is 10.2 Å². The van der Waals surface area contributed by atoms with Gasteiger partial charge in [-0.1, -0.05) is 13.8 Å². The third-order valence-corrected chi connectivity index (χ3v) is 7.35. The lowest BCUT2D eigenvalue weighted by atomic mass is 10.0. The summed E-state index contributed by atoms with van der Waals surface area (Å²) in [5, 5.41) is 8.92. The Hall–Kier alpha value is -2.76. The number of aromatic nitrogens is 3. The van der Waals surface area contributed by atoms with Crippen LogP contribution in [-0.4, -0.2) is 40.3 Å². The van der Waals surface area contributed by atoms with Crippen LogP contribution in [0.1, 0.15) is 31.7 Å². The third kappa shape index (κ3) is 3.95. The first-order valence-corrected chi connectivity index (χ1v) is 11.6. The van der Waals surface area contributed by atoms with Crippen molar-refractivity contribution >= 4 is 21.2 Å². The van der Waals surface area contributed by atoms with Crippen LogP contribution < -0.4 is 0 Å². The van der Waals surface area contributed by atoms with Gasteiger partial charge in [-0.05, 0) is 54.7 Å². The van der Waals surface area contributed by atoms with Crippen molar-refractivity contribution in [1.29, 1.82) is 5.26 Å². The van der Waals surface area contributed by atoms with Crippen molar-refractivity contribution in [3.05, 3.63) is 54.0 Å². The number of pyridine rings is 1. The molecule has 7 nitrogen and oxygen atoms in total. The number of sulfonamides is 1. The van der Waals surface area contributed by atoms with Crippen LogP contribution in [0, 0.1) is 23.2 Å². The number of imidazole rings is 1. The highest BCUT2D eigenvalue weighted by Crippen LogP contribution is 2.28. The van der Waals surface area contributed by atoms with Gasteiger partial charge >= 0.3 is 0 Å². The van der Waals surface area contributed by atoms with E-state index in [-0.39, 0.29) is 10.8 Å². The van der Waals surface area contributed by atoms with E-state index in [0.29, 0.717) is 24.6 Å². The first-order chi connectivity index (χ1) is 14.4. The molecule has 1 aromatic carbocycles. The molecule has 0 bridgehead atoms. The predicted octanol–water partition coefficient (Wildman–Crippen LogP) is 3.21. The summed E-state index contributed by atoms with van der Waals surface area (Å²) in [6.07, 6.45) is 3.31. The van der Waals surface area contributed by atoms with Gasteiger partial charge in [0.2, 0.25) is 10.0 Å². The average molecular weight is 424 g/mol. The average Bonchev–Trinajstić information content (AvgIpc) is 3.34. The Morgan fingerprint density at radius 1 is 1.23 bits per heavy atom. The van der Waals surface area contributed by atoms with Crippen molar-refractivity contribution in [2.45, 2.75) is 38.1 Å². The zero-order chi connectivity index (χ0) is 21.3. The van der Waals surface area contributed by atoms with Crippen molar-refractivity contribution < 1.29 is 8.42 Å². The Labute approximate surface area is 177 Å². The number of fused-ring (bicyclic) bond motifs is 1. The van der Waals surface area contributed by atoms with Gasteiger partial charge in [0.1, 0.15) is 11.3 Å². The molecule has 3 aromatic rings. The second-order valence-electron chi connectivity index (χ2n) is 8.24. The van der Waals surface area contributed by atoms with Gasteiger partial charge in [-0.2, -0.15) is 9.57 Å². The molecule has 156 valence electrons. The molecule has 1 aliphatic heterocycles. The smallest absolute Gasteiger partial charge is 0.243 e. The Balaban J connectivity index is 1.53. The lowest BCUT2D eigenvalue weighted by Gasteiger charge is -2.17. The summed E-state index contributed by atoms with van der Waals surface area (Å²) < 4.78 is 29.7. The number of rotatable bonds is 6. The van der Waals surface area contributed by atoms with Gasteiger partial charge in [0.05, 0.1) is 16.5 Å². The van der Waals surface area contributed by atoms with Crippen molar-refractivity contribution in [1.82, 2.24) is 18.8 Å². The van der Waals surface area contributed by atoms with Crippen molar-refractivity contribution in [2.75, 3.05) is 13.1 Å². The molecular formula is C22H25N5O2S. The molecule has 1 fully saturated rings. The third-order valence-electron chi connectivity index (χ3n) is 5.47. The molecule has 2 aromatic heterocycles. The summed E-state index contributed by atoms with van der Waals surface area (Å²) in [6, 6.07) is 12.0. The first-order valence-electron chi connectivity index (χ1n) is 10.2. The van der Waals surface area contributed by atoms with Crippen LogP contribution in [0.15, 0.2) is 47.5 Å². The molecule has 0 radical (unpaired) electrons. The van der Waals surface area contributed by atoms with Crippen LogP contribution in [0.5, 0.6) is 0 Å². The van der Waals surface area contributed by atoms with Crippen LogP contribution in [0.2, 0.25) is 0 Å². The zero-order valence-corrected chi connectivity index (χ0v) is 18.0. The lowest BCUT2D eigenvalue weighted by Crippen LogP contribution is -2.29. The minimum atomic E-state index is -3.56. The van der Waals surface area contributed by atoms with Crippen LogP contribution in [-0.2, 0) is 23.0 Å². The van der Waals surface area contributed by atoms with E-state index in [9.17, 15) is 8.42 Å². The summed E-state index contributed by atoms with van der Waals surface area (Å²) in [7, 11) is -3.56. The minimum absolute atomic E-state index is 0.209. The van der Waals surface area contributed by atoms with Gasteiger partial charge in [-0.25, -0.2) is 18.4 Å². The maximum Gasteiger partial charge on any atom is 0.243 e. The second-order valence-corrected chi connectivity index (χ2v) is 10.2. The number of hydrogen-bond acceptors (Lipinski definition) is 5. The number of hydrogen-bond donors (Lipinski definition) is 0. The van der Waals surface area contributed by atoms with E-state index in [1.54, 1.807) is 22.6 Å². The summed E-state index contributed by atoms with van der Waals surface area (Å²) in [4.78, 5) is 9.54. The summed E-state index contributed by atoms with van der Waals surface area (Å²) in [5.41, 5.74) is 2.22. The molecule has 8 heteroatoms. The van der Waals surface area contributed by atoms with Gasteiger partial charge in [0, 0.05) is 32.3 Å². The quantitative estimate of drug-likeness (QED) is 0.607. The summed E-state index contributed by atoms with van der Waals surface area (Å²) in [6.45, 7) is 6.14. The zero-order valence-electron chi connectivity index (χ0n) is 17.2. The molecule has 0 aliphatic carbocycles. The Morgan fingerprint density at radius 3 is 2.70 bits per heavy atom. The van der Waals surface area contributed by atoms with Crippen molar-refractivity contribution in [2.24, 2.45) is 11.8 Å². The number of benzene rings is 1. The maximum atomic E-state index is 13.0. The number of nitrogens with zero attached hydrogens (tertiary/aromatic N) is 5. The SMILES string of the molecule is CC(C)Cn1c(C[C@H]2CCN(S(=O)(=O)c3ccc(C#N)cc3)C2)nc2cccnc21. The van der Waals surface area contributed by atoms with E-state index in [0.717, 1.165) is 36.4 Å². The van der Waals surface area contributed by atoms with E-state index >= 15 is 0 Å². The summed E-state index contributed by atoms with van der Waals surface area (Å²) in [5.74, 6) is 1.64. The Kier molecular flexibility index (Phi) is 5.58. The van der Waals surface area contributed by atoms with Gasteiger partial charge < -0.3 is 4.57 Å². The molecule has 4 rings (SSSR count). The number of nitriles is 1. The van der Waals surface area contributed by atoms with Crippen molar-refractivity contribution in [3.8, 4) is 6.07 Å². The molecule has 0 spiro atoms. The van der Waals surface area contributed by atoms with Gasteiger partial charge in [0.15, 0.2) is 5.65 Å². The normalized spacial score (nSPS) is 17.6. The van der Waals surface area contributed by atoms with Crippen LogP contribution in [0.3, 0.4) is 0 Å². The first kappa shape index (κ1) is 20.5. The van der Waals surface area contributed by atoms with Gasteiger partial charge in [-0.3, -0.25) is 0 Å². The van der Waals surface area contributed by atoms with Gasteiger partial charge in [0.25, 0.3) is 0 Å². The Bertz CT molecular complexity index is 1190. The molecule has 3 heterocycles. The van der Waals surface area contributed by atoms with Crippen LogP contribution >= 0.6 is 0 Å². The monoisotopic (exact) mass is 423 g/mol. The largest absolute Gasteiger partial charge is 0.312 e. The summed E-state index contributed by atoms with van der Waals surface area (Å²) >= 11 is 0. The fourth-order valence-corrected chi connectivity index (χ4v) is 5.54. The molecule has 0 saturated carbocycles. The molecule has 0 unspecified atom stereocenters. The standard InChI is InChI=1S/C22H25N5O2S/c1-16(2)14-27-21(25-20-4-3-10-24-22(20)27)12-18-9-11-26(15-18)30(28,29)19-7-5-17(13-23)6-8-19/h3-8,10,16,18H,9,11-12,14-15H2,1-2H3/t18-/m1/s1. The minimum Gasteiger partial charge on any atom is -0.312 e. The molecule has 0 N–H and O–H groups in total. The molecule has 1 saturated heterocycles. The van der Waals surface area contributed by atoms with Crippen LogP contribution in [0.25, 0.3) is 11.2 Å². The fraction of sp³-hybridized carbons (Fsp3) is 0.409. The van der Waals surface area contributed by atoms with E-state index in [2.05, 4.69) is 23.4 Å². The highest BCUT2D eigenvalue weighted by Gasteiger charge is 2.33. The maximum absolute atomic E-state index is 13.0. The predicted molar refractivity (Wildman–Crippen MR) is 114 cm³/mol. The second kappa shape index (κ2) is 8.17. The fourth-order valence-electron chi connectivity index (χ4n) is 4.01. The van der Waals surface area contributed by atoms with Crippen LogP contribution in [0.4, 0.5) is 0 Å². The molecule has 30 heavy (non-hydrogen) atoms. The Morgan fingerprint density at radius 2 is 2.00 bits per heavy atom. The lowest BCUT2D eigenvalue weighted by molar-refractivity contribution is 0.444. The molecule has 1 atom stereocenters. The topological polar surface area (TPSA) is 91.9 Å². The van der Waals surface area contributed by atoms with E-state index < -0.39 is 10.0 Å².